The molecule has 3 rings (SSSR count). The van der Waals surface area contributed by atoms with E-state index in [1.807, 2.05) is 19.1 Å². The molecule has 2 aliphatic rings. The third-order valence-corrected chi connectivity index (χ3v) is 7.48. The number of carbonyl (C=O) groups excluding carboxylic acids is 1. The van der Waals surface area contributed by atoms with Crippen molar-refractivity contribution in [1.29, 1.82) is 0 Å². The molecule has 1 aliphatic heterocycles. The van der Waals surface area contributed by atoms with Crippen LogP contribution in [0.2, 0.25) is 0 Å². The molecule has 0 aromatic heterocycles. The van der Waals surface area contributed by atoms with Gasteiger partial charge in [0, 0.05) is 6.04 Å². The quantitative estimate of drug-likeness (QED) is 0.786. The van der Waals surface area contributed by atoms with Crippen molar-refractivity contribution in [3.63, 3.8) is 0 Å². The first-order valence-electron chi connectivity index (χ1n) is 8.55. The molecular weight excluding hydrogens is 326 g/mol. The van der Waals surface area contributed by atoms with Crippen LogP contribution in [-0.4, -0.2) is 37.9 Å². The number of nitrogens with zero attached hydrogens (tertiary/aromatic N) is 1. The molecule has 1 aliphatic carbocycles. The van der Waals surface area contributed by atoms with Gasteiger partial charge in [0.2, 0.25) is 10.0 Å². The Bertz CT molecular complexity index is 743. The van der Waals surface area contributed by atoms with Crippen molar-refractivity contribution < 1.29 is 17.9 Å². The second-order valence-electron chi connectivity index (χ2n) is 6.99. The van der Waals surface area contributed by atoms with Crippen molar-refractivity contribution in [3.8, 4) is 0 Å². The van der Waals surface area contributed by atoms with Crippen molar-refractivity contribution >= 4 is 16.0 Å². The van der Waals surface area contributed by atoms with E-state index in [0.717, 1.165) is 31.2 Å². The average Bonchev–Trinajstić information content (AvgIpc) is 2.96. The molecule has 3 atom stereocenters. The second-order valence-corrected chi connectivity index (χ2v) is 8.80. The van der Waals surface area contributed by atoms with E-state index in [4.69, 9.17) is 4.74 Å². The van der Waals surface area contributed by atoms with Crippen LogP contribution in [0.25, 0.3) is 0 Å². The van der Waals surface area contributed by atoms with Gasteiger partial charge < -0.3 is 4.74 Å². The third-order valence-electron chi connectivity index (χ3n) is 5.40. The van der Waals surface area contributed by atoms with Gasteiger partial charge in [-0.15, -0.1) is 0 Å². The number of rotatable bonds is 3. The molecule has 1 aromatic rings. The first kappa shape index (κ1) is 17.4. The minimum atomic E-state index is -3.73. The molecule has 0 unspecified atom stereocenters. The second kappa shape index (κ2) is 6.48. The Hall–Kier alpha value is -1.40. The smallest absolute Gasteiger partial charge is 0.324 e. The number of benzene rings is 1. The maximum Gasteiger partial charge on any atom is 0.324 e. The van der Waals surface area contributed by atoms with Crippen LogP contribution in [0, 0.1) is 19.8 Å². The van der Waals surface area contributed by atoms with Crippen LogP contribution >= 0.6 is 0 Å². The minimum absolute atomic E-state index is 0.0900. The predicted octanol–water partition coefficient (Wildman–Crippen LogP) is 2.80. The zero-order chi connectivity index (χ0) is 17.5. The Morgan fingerprint density at radius 3 is 2.62 bits per heavy atom. The largest absolute Gasteiger partial charge is 0.468 e. The zero-order valence-electron chi connectivity index (χ0n) is 14.5. The molecule has 1 heterocycles. The van der Waals surface area contributed by atoms with Gasteiger partial charge in [-0.25, -0.2) is 8.42 Å². The number of sulfonamides is 1. The van der Waals surface area contributed by atoms with Crippen LogP contribution < -0.4 is 0 Å². The van der Waals surface area contributed by atoms with Crippen LogP contribution in [-0.2, 0) is 19.6 Å². The highest BCUT2D eigenvalue weighted by molar-refractivity contribution is 7.89. The number of hydrogen-bond acceptors (Lipinski definition) is 4. The number of ether oxygens (including phenoxy) is 1. The van der Waals surface area contributed by atoms with Crippen LogP contribution in [0.3, 0.4) is 0 Å². The molecule has 6 heteroatoms. The fourth-order valence-corrected chi connectivity index (χ4v) is 6.38. The molecule has 24 heavy (non-hydrogen) atoms. The molecule has 1 saturated carbocycles. The van der Waals surface area contributed by atoms with Crippen molar-refractivity contribution in [2.24, 2.45) is 5.92 Å². The van der Waals surface area contributed by atoms with Crippen LogP contribution in [0.4, 0.5) is 0 Å². The van der Waals surface area contributed by atoms with Gasteiger partial charge in [0.1, 0.15) is 6.04 Å². The Kier molecular flexibility index (Phi) is 4.71. The highest BCUT2D eigenvalue weighted by Crippen LogP contribution is 2.43. The monoisotopic (exact) mass is 351 g/mol. The number of fused-ring (bicyclic) bond motifs is 1. The van der Waals surface area contributed by atoms with Crippen molar-refractivity contribution in [1.82, 2.24) is 4.31 Å². The topological polar surface area (TPSA) is 63.7 Å². The van der Waals surface area contributed by atoms with Gasteiger partial charge >= 0.3 is 5.97 Å². The zero-order valence-corrected chi connectivity index (χ0v) is 15.3. The first-order chi connectivity index (χ1) is 11.4. The molecule has 0 radical (unpaired) electrons. The maximum absolute atomic E-state index is 13.4. The van der Waals surface area contributed by atoms with Gasteiger partial charge in [-0.2, -0.15) is 4.31 Å². The summed E-state index contributed by atoms with van der Waals surface area (Å²) < 4.78 is 33.2. The van der Waals surface area contributed by atoms with E-state index in [1.165, 1.54) is 11.4 Å². The third kappa shape index (κ3) is 2.86. The lowest BCUT2D eigenvalue weighted by atomic mass is 9.85. The standard InChI is InChI=1S/C18H25NO4S/c1-12-8-9-13(2)17(10-12)24(21,22)19-15-7-5-4-6-14(15)11-16(19)18(20)23-3/h8-10,14-16H,4-7,11H2,1-3H3/t14-,15+,16-/m0/s1. The van der Waals surface area contributed by atoms with Crippen molar-refractivity contribution in [3.05, 3.63) is 29.3 Å². The Labute approximate surface area is 144 Å². The van der Waals surface area contributed by atoms with E-state index in [-0.39, 0.29) is 12.0 Å². The average molecular weight is 351 g/mol. The van der Waals surface area contributed by atoms with E-state index in [2.05, 4.69) is 0 Å². The lowest BCUT2D eigenvalue weighted by molar-refractivity contribution is -0.144. The number of methoxy groups -OCH3 is 1. The van der Waals surface area contributed by atoms with Crippen LogP contribution in [0.5, 0.6) is 0 Å². The van der Waals surface area contributed by atoms with E-state index in [0.29, 0.717) is 16.9 Å². The number of aryl methyl sites for hydroxylation is 2. The van der Waals surface area contributed by atoms with Gasteiger partial charge in [-0.05, 0) is 56.2 Å². The van der Waals surface area contributed by atoms with Crippen LogP contribution in [0.1, 0.15) is 43.2 Å². The van der Waals surface area contributed by atoms with Crippen molar-refractivity contribution in [2.45, 2.75) is 62.9 Å². The minimum Gasteiger partial charge on any atom is -0.468 e. The highest BCUT2D eigenvalue weighted by atomic mass is 32.2. The van der Waals surface area contributed by atoms with E-state index in [9.17, 15) is 13.2 Å². The highest BCUT2D eigenvalue weighted by Gasteiger charge is 2.51. The molecule has 0 amide bonds. The maximum atomic E-state index is 13.4. The van der Waals surface area contributed by atoms with Gasteiger partial charge in [0.15, 0.2) is 0 Å². The first-order valence-corrected chi connectivity index (χ1v) is 9.99. The summed E-state index contributed by atoms with van der Waals surface area (Å²) in [5, 5.41) is 0. The number of esters is 1. The van der Waals surface area contributed by atoms with Gasteiger partial charge in [0.05, 0.1) is 12.0 Å². The summed E-state index contributed by atoms with van der Waals surface area (Å²) in [7, 11) is -2.41. The molecule has 0 spiro atoms. The fraction of sp³-hybridized carbons (Fsp3) is 0.611. The summed E-state index contributed by atoms with van der Waals surface area (Å²) in [6.07, 6.45) is 4.49. The van der Waals surface area contributed by atoms with E-state index >= 15 is 0 Å². The summed E-state index contributed by atoms with van der Waals surface area (Å²) in [4.78, 5) is 12.6. The Morgan fingerprint density at radius 2 is 1.92 bits per heavy atom. The summed E-state index contributed by atoms with van der Waals surface area (Å²) in [6.45, 7) is 3.68. The Morgan fingerprint density at radius 1 is 1.21 bits per heavy atom. The molecule has 1 saturated heterocycles. The Balaban J connectivity index is 2.08. The molecular formula is C18H25NO4S. The fourth-order valence-electron chi connectivity index (χ4n) is 4.20. The van der Waals surface area contributed by atoms with Gasteiger partial charge in [0.25, 0.3) is 0 Å². The van der Waals surface area contributed by atoms with Gasteiger partial charge in [-0.3, -0.25) is 4.79 Å². The lowest BCUT2D eigenvalue weighted by Gasteiger charge is -2.32. The number of carbonyl (C=O) groups is 1. The normalized spacial score (nSPS) is 27.7. The van der Waals surface area contributed by atoms with Crippen LogP contribution in [0.15, 0.2) is 23.1 Å². The molecule has 5 nitrogen and oxygen atoms in total. The molecule has 1 aromatic carbocycles. The lowest BCUT2D eigenvalue weighted by Crippen LogP contribution is -2.46. The SMILES string of the molecule is COC(=O)[C@@H]1C[C@@H]2CCCC[C@H]2N1S(=O)(=O)c1cc(C)ccc1C. The summed E-state index contributed by atoms with van der Waals surface area (Å²) in [6, 6.07) is 4.64. The summed E-state index contributed by atoms with van der Waals surface area (Å²) >= 11 is 0. The molecule has 132 valence electrons. The molecule has 2 fully saturated rings. The summed E-state index contributed by atoms with van der Waals surface area (Å²) in [5.74, 6) is -0.193. The van der Waals surface area contributed by atoms with E-state index in [1.54, 1.807) is 13.0 Å². The van der Waals surface area contributed by atoms with Gasteiger partial charge in [-0.1, -0.05) is 25.0 Å². The molecule has 0 bridgehead atoms. The summed E-state index contributed by atoms with van der Waals surface area (Å²) in [5.41, 5.74) is 1.61. The predicted molar refractivity (Wildman–Crippen MR) is 91.1 cm³/mol. The van der Waals surface area contributed by atoms with E-state index < -0.39 is 22.0 Å². The molecule has 0 N–H and O–H groups in total. The van der Waals surface area contributed by atoms with Crippen molar-refractivity contribution in [2.75, 3.05) is 7.11 Å². The number of hydrogen-bond donors (Lipinski definition) is 0.